The molecule has 0 unspecified atom stereocenters. The molecule has 0 heterocycles. The quantitative estimate of drug-likeness (QED) is 0.822. The Kier molecular flexibility index (Phi) is 3.88. The monoisotopic (exact) mass is 237 g/mol. The van der Waals surface area contributed by atoms with Gasteiger partial charge in [-0.2, -0.15) is 0 Å². The molecule has 1 fully saturated rings. The maximum Gasteiger partial charge on any atom is 0.0451 e. The lowest BCUT2D eigenvalue weighted by Gasteiger charge is -2.10. The van der Waals surface area contributed by atoms with Gasteiger partial charge in [-0.05, 0) is 42.4 Å². The van der Waals surface area contributed by atoms with Gasteiger partial charge in [0.25, 0.3) is 0 Å². The SMILES string of the molecule is CC(C)Cc1ccc(Cl)c(CNC2CC2)c1. The van der Waals surface area contributed by atoms with E-state index in [1.165, 1.54) is 24.0 Å². The van der Waals surface area contributed by atoms with Gasteiger partial charge in [0.2, 0.25) is 0 Å². The van der Waals surface area contributed by atoms with E-state index in [1.807, 2.05) is 6.07 Å². The second-order valence-electron chi connectivity index (χ2n) is 5.18. The third-order valence-electron chi connectivity index (χ3n) is 2.91. The predicted octanol–water partition coefficient (Wildman–Crippen LogP) is 3.79. The topological polar surface area (TPSA) is 12.0 Å². The van der Waals surface area contributed by atoms with Crippen LogP contribution in [0.1, 0.15) is 37.8 Å². The minimum Gasteiger partial charge on any atom is -0.310 e. The molecule has 1 nitrogen and oxygen atoms in total. The van der Waals surface area contributed by atoms with E-state index in [0.29, 0.717) is 5.92 Å². The molecule has 2 rings (SSSR count). The maximum absolute atomic E-state index is 6.20. The Bertz CT molecular complexity index is 356. The number of hydrogen-bond acceptors (Lipinski definition) is 1. The van der Waals surface area contributed by atoms with Crippen molar-refractivity contribution in [3.63, 3.8) is 0 Å². The zero-order valence-electron chi connectivity index (χ0n) is 10.1. The third-order valence-corrected chi connectivity index (χ3v) is 3.28. The van der Waals surface area contributed by atoms with Crippen molar-refractivity contribution < 1.29 is 0 Å². The molecular weight excluding hydrogens is 218 g/mol. The summed E-state index contributed by atoms with van der Waals surface area (Å²) in [6, 6.07) is 7.16. The average molecular weight is 238 g/mol. The molecule has 16 heavy (non-hydrogen) atoms. The highest BCUT2D eigenvalue weighted by Crippen LogP contribution is 2.23. The van der Waals surface area contributed by atoms with Crippen molar-refractivity contribution in [1.82, 2.24) is 5.32 Å². The molecule has 2 heteroatoms. The lowest BCUT2D eigenvalue weighted by Crippen LogP contribution is -2.15. The van der Waals surface area contributed by atoms with Crippen LogP contribution in [0.3, 0.4) is 0 Å². The molecule has 1 N–H and O–H groups in total. The van der Waals surface area contributed by atoms with Gasteiger partial charge in [-0.25, -0.2) is 0 Å². The van der Waals surface area contributed by atoms with Crippen LogP contribution in [0.4, 0.5) is 0 Å². The van der Waals surface area contributed by atoms with Crippen LogP contribution in [0.15, 0.2) is 18.2 Å². The molecule has 0 spiro atoms. The van der Waals surface area contributed by atoms with Crippen molar-refractivity contribution in [2.75, 3.05) is 0 Å². The fourth-order valence-corrected chi connectivity index (χ4v) is 2.09. The fraction of sp³-hybridized carbons (Fsp3) is 0.571. The Hall–Kier alpha value is -0.530. The molecule has 0 radical (unpaired) electrons. The molecule has 1 saturated carbocycles. The van der Waals surface area contributed by atoms with E-state index in [-0.39, 0.29) is 0 Å². The van der Waals surface area contributed by atoms with Gasteiger partial charge in [-0.15, -0.1) is 0 Å². The standard InChI is InChI=1S/C14H20ClN/c1-10(2)7-11-3-6-14(15)12(8-11)9-16-13-4-5-13/h3,6,8,10,13,16H,4-5,7,9H2,1-2H3. The maximum atomic E-state index is 6.20. The van der Waals surface area contributed by atoms with E-state index in [2.05, 4.69) is 31.3 Å². The number of rotatable bonds is 5. The van der Waals surface area contributed by atoms with Crippen LogP contribution < -0.4 is 5.32 Å². The first-order valence-corrected chi connectivity index (χ1v) is 6.53. The van der Waals surface area contributed by atoms with E-state index in [4.69, 9.17) is 11.6 Å². The first kappa shape index (κ1) is 11.9. The summed E-state index contributed by atoms with van der Waals surface area (Å²) in [4.78, 5) is 0. The summed E-state index contributed by atoms with van der Waals surface area (Å²) >= 11 is 6.20. The van der Waals surface area contributed by atoms with Gasteiger partial charge in [-0.3, -0.25) is 0 Å². The second kappa shape index (κ2) is 5.20. The molecule has 1 aliphatic carbocycles. The van der Waals surface area contributed by atoms with Crippen LogP contribution in [0.25, 0.3) is 0 Å². The Labute approximate surface area is 103 Å². The zero-order valence-corrected chi connectivity index (χ0v) is 10.8. The molecule has 0 aliphatic heterocycles. The van der Waals surface area contributed by atoms with E-state index in [9.17, 15) is 0 Å². The third kappa shape index (κ3) is 3.50. The molecule has 0 aromatic heterocycles. The van der Waals surface area contributed by atoms with E-state index in [1.54, 1.807) is 0 Å². The van der Waals surface area contributed by atoms with Crippen molar-refractivity contribution in [2.24, 2.45) is 5.92 Å². The summed E-state index contributed by atoms with van der Waals surface area (Å²) in [5.41, 5.74) is 2.64. The number of halogens is 1. The number of hydrogen-bond donors (Lipinski definition) is 1. The summed E-state index contributed by atoms with van der Waals surface area (Å²) in [5.74, 6) is 0.699. The van der Waals surface area contributed by atoms with Gasteiger partial charge < -0.3 is 5.32 Å². The van der Waals surface area contributed by atoms with E-state index in [0.717, 1.165) is 24.0 Å². The minimum absolute atomic E-state index is 0.699. The normalized spacial score (nSPS) is 15.8. The van der Waals surface area contributed by atoms with Gasteiger partial charge in [0, 0.05) is 17.6 Å². The first-order chi connectivity index (χ1) is 7.65. The summed E-state index contributed by atoms with van der Waals surface area (Å²) in [5, 5.41) is 4.40. The summed E-state index contributed by atoms with van der Waals surface area (Å²) < 4.78 is 0. The van der Waals surface area contributed by atoms with Gasteiger partial charge >= 0.3 is 0 Å². The lowest BCUT2D eigenvalue weighted by molar-refractivity contribution is 0.644. The Balaban J connectivity index is 2.02. The van der Waals surface area contributed by atoms with Crippen molar-refractivity contribution >= 4 is 11.6 Å². The van der Waals surface area contributed by atoms with Crippen LogP contribution >= 0.6 is 11.6 Å². The second-order valence-corrected chi connectivity index (χ2v) is 5.59. The van der Waals surface area contributed by atoms with Crippen LogP contribution in [0.2, 0.25) is 5.02 Å². The van der Waals surface area contributed by atoms with Gasteiger partial charge in [-0.1, -0.05) is 37.6 Å². The summed E-state index contributed by atoms with van der Waals surface area (Å²) in [6.45, 7) is 5.41. The molecule has 0 amide bonds. The van der Waals surface area contributed by atoms with Gasteiger partial charge in [0.15, 0.2) is 0 Å². The van der Waals surface area contributed by atoms with Gasteiger partial charge in [0.1, 0.15) is 0 Å². The van der Waals surface area contributed by atoms with E-state index >= 15 is 0 Å². The highest BCUT2D eigenvalue weighted by molar-refractivity contribution is 6.31. The summed E-state index contributed by atoms with van der Waals surface area (Å²) in [6.07, 6.45) is 3.78. The smallest absolute Gasteiger partial charge is 0.0451 e. The fourth-order valence-electron chi connectivity index (χ4n) is 1.90. The lowest BCUT2D eigenvalue weighted by atomic mass is 10.0. The van der Waals surface area contributed by atoms with Crippen molar-refractivity contribution in [2.45, 2.75) is 45.7 Å². The van der Waals surface area contributed by atoms with Gasteiger partial charge in [0.05, 0.1) is 0 Å². The van der Waals surface area contributed by atoms with E-state index < -0.39 is 0 Å². The largest absolute Gasteiger partial charge is 0.310 e. The van der Waals surface area contributed by atoms with Crippen LogP contribution in [0, 0.1) is 5.92 Å². The first-order valence-electron chi connectivity index (χ1n) is 6.16. The van der Waals surface area contributed by atoms with Crippen LogP contribution in [0.5, 0.6) is 0 Å². The molecule has 0 atom stereocenters. The molecule has 0 bridgehead atoms. The predicted molar refractivity (Wildman–Crippen MR) is 69.9 cm³/mol. The van der Waals surface area contributed by atoms with Crippen molar-refractivity contribution in [3.05, 3.63) is 34.3 Å². The number of nitrogens with one attached hydrogen (secondary N) is 1. The molecule has 88 valence electrons. The molecule has 0 saturated heterocycles. The van der Waals surface area contributed by atoms with Crippen LogP contribution in [-0.4, -0.2) is 6.04 Å². The van der Waals surface area contributed by atoms with Crippen LogP contribution in [-0.2, 0) is 13.0 Å². The average Bonchev–Trinajstić information content (AvgIpc) is 3.02. The number of benzene rings is 1. The Morgan fingerprint density at radius 2 is 2.12 bits per heavy atom. The minimum atomic E-state index is 0.699. The molecule has 1 aromatic carbocycles. The molecule has 1 aromatic rings. The molecular formula is C14H20ClN. The zero-order chi connectivity index (χ0) is 11.5. The van der Waals surface area contributed by atoms with Crippen molar-refractivity contribution in [1.29, 1.82) is 0 Å². The highest BCUT2D eigenvalue weighted by atomic mass is 35.5. The summed E-state index contributed by atoms with van der Waals surface area (Å²) in [7, 11) is 0. The highest BCUT2D eigenvalue weighted by Gasteiger charge is 2.20. The Morgan fingerprint density at radius 3 is 2.75 bits per heavy atom. The Morgan fingerprint density at radius 1 is 1.38 bits per heavy atom. The van der Waals surface area contributed by atoms with Crippen molar-refractivity contribution in [3.8, 4) is 0 Å². The molecule has 1 aliphatic rings.